The highest BCUT2D eigenvalue weighted by atomic mass is 127. The zero-order chi connectivity index (χ0) is 18.2. The lowest BCUT2D eigenvalue weighted by Crippen LogP contribution is -2.39. The molecule has 0 aliphatic heterocycles. The molecule has 0 amide bonds. The van der Waals surface area contributed by atoms with Crippen molar-refractivity contribution in [2.45, 2.75) is 33.4 Å². The van der Waals surface area contributed by atoms with Gasteiger partial charge in [0.1, 0.15) is 0 Å². The van der Waals surface area contributed by atoms with Crippen molar-refractivity contribution in [3.63, 3.8) is 0 Å². The normalized spacial score (nSPS) is 11.3. The molecule has 8 heteroatoms. The molecule has 0 saturated carbocycles. The van der Waals surface area contributed by atoms with E-state index in [1.807, 2.05) is 11.7 Å². The Labute approximate surface area is 177 Å². The molecule has 2 aromatic heterocycles. The summed E-state index contributed by atoms with van der Waals surface area (Å²) in [4.78, 5) is 7.97. The lowest BCUT2D eigenvalue weighted by atomic mass is 10.2. The molecule has 0 atom stereocenters. The largest absolute Gasteiger partial charge is 0.383 e. The monoisotopic (exact) mass is 491 g/mol. The number of rotatable bonds is 8. The molecule has 0 fully saturated rings. The SMILES string of the molecule is CN=C(NCc1c(C)nn(CCOC)c1C)N(C)CCc1cccs1.I. The van der Waals surface area contributed by atoms with Crippen LogP contribution in [0.2, 0.25) is 0 Å². The van der Waals surface area contributed by atoms with Crippen molar-refractivity contribution < 1.29 is 4.74 Å². The number of halogens is 1. The van der Waals surface area contributed by atoms with Crippen molar-refractivity contribution in [2.75, 3.05) is 34.4 Å². The molecule has 0 saturated heterocycles. The van der Waals surface area contributed by atoms with Crippen LogP contribution in [0.3, 0.4) is 0 Å². The highest BCUT2D eigenvalue weighted by Crippen LogP contribution is 2.13. The Morgan fingerprint density at radius 1 is 1.42 bits per heavy atom. The van der Waals surface area contributed by atoms with Crippen LogP contribution in [0.4, 0.5) is 0 Å². The van der Waals surface area contributed by atoms with Crippen molar-refractivity contribution in [3.8, 4) is 0 Å². The molecule has 0 unspecified atom stereocenters. The van der Waals surface area contributed by atoms with E-state index in [1.54, 1.807) is 18.4 Å². The van der Waals surface area contributed by atoms with Crippen LogP contribution in [0.15, 0.2) is 22.5 Å². The van der Waals surface area contributed by atoms with Crippen LogP contribution in [0.25, 0.3) is 0 Å². The maximum absolute atomic E-state index is 5.15. The van der Waals surface area contributed by atoms with Gasteiger partial charge in [0.15, 0.2) is 5.96 Å². The molecule has 0 aliphatic carbocycles. The van der Waals surface area contributed by atoms with E-state index in [0.717, 1.165) is 37.7 Å². The Bertz CT molecular complexity index is 684. The molecule has 6 nitrogen and oxygen atoms in total. The summed E-state index contributed by atoms with van der Waals surface area (Å²) < 4.78 is 7.17. The highest BCUT2D eigenvalue weighted by molar-refractivity contribution is 14.0. The number of nitrogens with one attached hydrogen (secondary N) is 1. The Morgan fingerprint density at radius 3 is 2.81 bits per heavy atom. The van der Waals surface area contributed by atoms with Crippen molar-refractivity contribution >= 4 is 41.3 Å². The van der Waals surface area contributed by atoms with Gasteiger partial charge in [-0.15, -0.1) is 35.3 Å². The van der Waals surface area contributed by atoms with Crippen LogP contribution in [-0.4, -0.2) is 55.0 Å². The zero-order valence-electron chi connectivity index (χ0n) is 16.3. The summed E-state index contributed by atoms with van der Waals surface area (Å²) in [6, 6.07) is 4.27. The highest BCUT2D eigenvalue weighted by Gasteiger charge is 2.13. The minimum absolute atomic E-state index is 0. The van der Waals surface area contributed by atoms with E-state index in [9.17, 15) is 0 Å². The van der Waals surface area contributed by atoms with E-state index >= 15 is 0 Å². The maximum Gasteiger partial charge on any atom is 0.193 e. The molecule has 2 heterocycles. The van der Waals surface area contributed by atoms with Gasteiger partial charge >= 0.3 is 0 Å². The fourth-order valence-electron chi connectivity index (χ4n) is 2.78. The molecule has 0 spiro atoms. The van der Waals surface area contributed by atoms with Crippen LogP contribution in [0.1, 0.15) is 21.8 Å². The first kappa shape index (κ1) is 22.9. The van der Waals surface area contributed by atoms with Gasteiger partial charge in [-0.2, -0.15) is 5.10 Å². The summed E-state index contributed by atoms with van der Waals surface area (Å²) in [5.74, 6) is 0.903. The first-order valence-corrected chi connectivity index (χ1v) is 9.40. The van der Waals surface area contributed by atoms with E-state index in [2.05, 4.69) is 58.7 Å². The maximum atomic E-state index is 5.15. The van der Waals surface area contributed by atoms with Gasteiger partial charge in [0.2, 0.25) is 0 Å². The van der Waals surface area contributed by atoms with Crippen molar-refractivity contribution in [2.24, 2.45) is 4.99 Å². The lowest BCUT2D eigenvalue weighted by molar-refractivity contribution is 0.182. The van der Waals surface area contributed by atoms with E-state index in [4.69, 9.17) is 4.74 Å². The number of hydrogen-bond acceptors (Lipinski definition) is 4. The smallest absolute Gasteiger partial charge is 0.193 e. The Hall–Kier alpha value is -1.13. The summed E-state index contributed by atoms with van der Waals surface area (Å²) in [5.41, 5.74) is 3.46. The van der Waals surface area contributed by atoms with Crippen LogP contribution >= 0.6 is 35.3 Å². The van der Waals surface area contributed by atoms with Crippen LogP contribution in [0, 0.1) is 13.8 Å². The molecule has 0 radical (unpaired) electrons. The first-order chi connectivity index (χ1) is 12.1. The summed E-state index contributed by atoms with van der Waals surface area (Å²) in [5, 5.41) is 10.2. The average molecular weight is 491 g/mol. The number of ether oxygens (including phenoxy) is 1. The zero-order valence-corrected chi connectivity index (χ0v) is 19.4. The summed E-state index contributed by atoms with van der Waals surface area (Å²) in [7, 11) is 5.61. The first-order valence-electron chi connectivity index (χ1n) is 8.52. The molecule has 146 valence electrons. The predicted molar refractivity (Wildman–Crippen MR) is 120 cm³/mol. The third-order valence-corrected chi connectivity index (χ3v) is 5.25. The van der Waals surface area contributed by atoms with Gasteiger partial charge in [-0.1, -0.05) is 6.07 Å². The molecule has 1 N–H and O–H groups in total. The molecule has 2 aromatic rings. The van der Waals surface area contributed by atoms with E-state index in [-0.39, 0.29) is 24.0 Å². The molecule has 0 aromatic carbocycles. The van der Waals surface area contributed by atoms with Crippen LogP contribution < -0.4 is 5.32 Å². The topological polar surface area (TPSA) is 54.7 Å². The molecule has 0 aliphatic rings. The number of aliphatic imine (C=N–C) groups is 1. The van der Waals surface area contributed by atoms with Gasteiger partial charge in [-0.25, -0.2) is 0 Å². The standard InChI is InChI=1S/C18H29N5OS.HI/c1-14-17(15(2)23(21-14)10-11-24-5)13-20-18(19-3)22(4)9-8-16-7-6-12-25-16;/h6-7,12H,8-11,13H2,1-5H3,(H,19,20);1H. The average Bonchev–Trinajstić information content (AvgIpc) is 3.21. The van der Waals surface area contributed by atoms with Gasteiger partial charge < -0.3 is 15.0 Å². The Kier molecular flexibility index (Phi) is 10.2. The van der Waals surface area contributed by atoms with Crippen molar-refractivity contribution in [3.05, 3.63) is 39.3 Å². The number of guanidine groups is 1. The number of methoxy groups -OCH3 is 1. The lowest BCUT2D eigenvalue weighted by Gasteiger charge is -2.22. The Balaban J connectivity index is 0.00000338. The van der Waals surface area contributed by atoms with Gasteiger partial charge in [0.25, 0.3) is 0 Å². The summed E-state index contributed by atoms with van der Waals surface area (Å²) >= 11 is 1.80. The van der Waals surface area contributed by atoms with Crippen molar-refractivity contribution in [1.29, 1.82) is 0 Å². The second kappa shape index (κ2) is 11.6. The van der Waals surface area contributed by atoms with Gasteiger partial charge in [-0.05, 0) is 31.7 Å². The second-order valence-electron chi connectivity index (χ2n) is 6.02. The fourth-order valence-corrected chi connectivity index (χ4v) is 3.47. The molecule has 0 bridgehead atoms. The minimum atomic E-state index is 0. The molecule has 26 heavy (non-hydrogen) atoms. The molecular weight excluding hydrogens is 461 g/mol. The molecule has 2 rings (SSSR count). The van der Waals surface area contributed by atoms with Crippen molar-refractivity contribution in [1.82, 2.24) is 20.0 Å². The fraction of sp³-hybridized carbons (Fsp3) is 0.556. The van der Waals surface area contributed by atoms with Crippen LogP contribution in [0.5, 0.6) is 0 Å². The number of nitrogens with zero attached hydrogens (tertiary/aromatic N) is 4. The number of aryl methyl sites for hydroxylation is 1. The second-order valence-corrected chi connectivity index (χ2v) is 7.05. The van der Waals surface area contributed by atoms with E-state index in [1.165, 1.54) is 16.1 Å². The third-order valence-electron chi connectivity index (χ3n) is 4.31. The quantitative estimate of drug-likeness (QED) is 0.351. The number of thiophene rings is 1. The predicted octanol–water partition coefficient (Wildman–Crippen LogP) is 3.08. The van der Waals surface area contributed by atoms with E-state index in [0.29, 0.717) is 6.61 Å². The number of likely N-dealkylation sites (N-methyl/N-ethyl adjacent to an activating group) is 1. The van der Waals surface area contributed by atoms with Gasteiger partial charge in [-0.3, -0.25) is 9.67 Å². The van der Waals surface area contributed by atoms with Gasteiger partial charge in [0.05, 0.1) is 18.8 Å². The van der Waals surface area contributed by atoms with E-state index < -0.39 is 0 Å². The summed E-state index contributed by atoms with van der Waals surface area (Å²) in [6.45, 7) is 7.26. The number of hydrogen-bond donors (Lipinski definition) is 1. The number of aromatic nitrogens is 2. The summed E-state index contributed by atoms with van der Waals surface area (Å²) in [6.07, 6.45) is 1.03. The minimum Gasteiger partial charge on any atom is -0.383 e. The third kappa shape index (κ3) is 6.24. The Morgan fingerprint density at radius 2 is 2.19 bits per heavy atom. The van der Waals surface area contributed by atoms with Gasteiger partial charge in [0, 0.05) is 50.4 Å². The van der Waals surface area contributed by atoms with Crippen LogP contribution in [-0.2, 0) is 24.2 Å². The molecular formula is C18H30IN5OS.